The summed E-state index contributed by atoms with van der Waals surface area (Å²) in [5.74, 6) is -3.60. The topological polar surface area (TPSA) is 145 Å². The van der Waals surface area contributed by atoms with E-state index in [1.807, 2.05) is 41.5 Å². The zero-order valence-electron chi connectivity index (χ0n) is 27.5. The van der Waals surface area contributed by atoms with E-state index in [0.29, 0.717) is 38.6 Å². The summed E-state index contributed by atoms with van der Waals surface area (Å²) in [6, 6.07) is -3.51. The minimum atomic E-state index is -1.08. The van der Waals surface area contributed by atoms with E-state index in [0.717, 1.165) is 0 Å². The van der Waals surface area contributed by atoms with E-state index in [2.05, 4.69) is 10.6 Å². The lowest BCUT2D eigenvalue weighted by molar-refractivity contribution is -0.165. The van der Waals surface area contributed by atoms with Crippen LogP contribution < -0.4 is 10.6 Å². The van der Waals surface area contributed by atoms with Gasteiger partial charge in [-0.25, -0.2) is 0 Å². The molecule has 2 N–H and O–H groups in total. The first-order valence-electron chi connectivity index (χ1n) is 15.8. The zero-order valence-corrected chi connectivity index (χ0v) is 27.5. The van der Waals surface area contributed by atoms with Gasteiger partial charge in [0.1, 0.15) is 24.2 Å². The first-order valence-corrected chi connectivity index (χ1v) is 15.8. The molecule has 2 saturated heterocycles. The van der Waals surface area contributed by atoms with Crippen molar-refractivity contribution in [1.29, 1.82) is 0 Å². The Bertz CT molecular complexity index is 1040. The SMILES string of the molecule is CC[C@@H](C)[C@@H]1C(=O)N(C)[C@@H](C)C(=O)NCCC(=O)O[C@H]([C@@H](C)CC)C(=O)N2CCC[C@H]2C(=O)N[C@@H]([C@@H](C)CC)C(=O)N1C. The predicted octanol–water partition coefficient (Wildman–Crippen LogP) is 1.71. The van der Waals surface area contributed by atoms with Gasteiger partial charge in [0.2, 0.25) is 23.6 Å². The number of hydrogen-bond donors (Lipinski definition) is 2. The van der Waals surface area contributed by atoms with Crippen molar-refractivity contribution in [2.24, 2.45) is 17.8 Å². The molecule has 12 heteroatoms. The smallest absolute Gasteiger partial charge is 0.308 e. The number of rotatable bonds is 6. The Morgan fingerprint density at radius 3 is 2.00 bits per heavy atom. The van der Waals surface area contributed by atoms with Crippen molar-refractivity contribution in [3.8, 4) is 0 Å². The van der Waals surface area contributed by atoms with Crippen molar-refractivity contribution < 1.29 is 33.5 Å². The number of cyclic esters (lactones) is 1. The highest BCUT2D eigenvalue weighted by molar-refractivity contribution is 5.96. The van der Waals surface area contributed by atoms with Crippen molar-refractivity contribution in [2.75, 3.05) is 27.2 Å². The van der Waals surface area contributed by atoms with Gasteiger partial charge in [-0.1, -0.05) is 54.4 Å². The third-order valence-electron chi connectivity index (χ3n) is 9.42. The third kappa shape index (κ3) is 8.47. The zero-order chi connectivity index (χ0) is 32.6. The quantitative estimate of drug-likeness (QED) is 0.437. The number of nitrogens with zero attached hydrogens (tertiary/aromatic N) is 3. The fourth-order valence-corrected chi connectivity index (χ4v) is 5.60. The maximum absolute atomic E-state index is 14.1. The molecule has 0 aromatic carbocycles. The molecule has 0 aromatic rings. The molecule has 8 atom stereocenters. The van der Waals surface area contributed by atoms with Gasteiger partial charge in [-0.3, -0.25) is 28.8 Å². The third-order valence-corrected chi connectivity index (χ3v) is 9.42. The fraction of sp³-hybridized carbons (Fsp3) is 0.806. The van der Waals surface area contributed by atoms with Crippen LogP contribution in [0.2, 0.25) is 0 Å². The molecule has 244 valence electrons. The van der Waals surface area contributed by atoms with Gasteiger partial charge in [-0.2, -0.15) is 0 Å². The van der Waals surface area contributed by atoms with Crippen LogP contribution in [0.1, 0.15) is 87.0 Å². The summed E-state index contributed by atoms with van der Waals surface area (Å²) < 4.78 is 5.65. The van der Waals surface area contributed by atoms with Crippen LogP contribution in [0.15, 0.2) is 0 Å². The molecule has 2 rings (SSSR count). The second kappa shape index (κ2) is 16.0. The largest absolute Gasteiger partial charge is 0.452 e. The van der Waals surface area contributed by atoms with Crippen molar-refractivity contribution in [3.63, 3.8) is 0 Å². The van der Waals surface area contributed by atoms with E-state index >= 15 is 0 Å². The van der Waals surface area contributed by atoms with Crippen LogP contribution in [-0.2, 0) is 33.5 Å². The van der Waals surface area contributed by atoms with E-state index in [4.69, 9.17) is 4.74 Å². The lowest BCUT2D eigenvalue weighted by atomic mass is 9.92. The average molecular weight is 608 g/mol. The summed E-state index contributed by atoms with van der Waals surface area (Å²) >= 11 is 0. The molecule has 0 spiro atoms. The summed E-state index contributed by atoms with van der Waals surface area (Å²) in [6.07, 6.45) is 1.51. The molecule has 0 radical (unpaired) electrons. The summed E-state index contributed by atoms with van der Waals surface area (Å²) in [6.45, 7) is 13.1. The second-order valence-corrected chi connectivity index (χ2v) is 12.3. The number of nitrogens with one attached hydrogen (secondary N) is 2. The number of ether oxygens (including phenoxy) is 1. The van der Waals surface area contributed by atoms with Crippen molar-refractivity contribution >= 4 is 35.5 Å². The molecule has 2 fully saturated rings. The lowest BCUT2D eigenvalue weighted by Crippen LogP contribution is -2.61. The number of esters is 1. The average Bonchev–Trinajstić information content (AvgIpc) is 3.49. The molecule has 0 aliphatic carbocycles. The Morgan fingerprint density at radius 2 is 1.42 bits per heavy atom. The fourth-order valence-electron chi connectivity index (χ4n) is 5.60. The molecule has 0 aromatic heterocycles. The van der Waals surface area contributed by atoms with Gasteiger partial charge in [0.15, 0.2) is 6.10 Å². The van der Waals surface area contributed by atoms with Crippen LogP contribution in [0.25, 0.3) is 0 Å². The number of carbonyl (C=O) groups excluding carboxylic acids is 6. The van der Waals surface area contributed by atoms with Crippen molar-refractivity contribution in [2.45, 2.75) is 117 Å². The second-order valence-electron chi connectivity index (χ2n) is 12.3. The van der Waals surface area contributed by atoms with Crippen LogP contribution >= 0.6 is 0 Å². The van der Waals surface area contributed by atoms with E-state index in [-0.39, 0.29) is 30.7 Å². The van der Waals surface area contributed by atoms with Crippen LogP contribution in [-0.4, -0.2) is 108 Å². The summed E-state index contributed by atoms with van der Waals surface area (Å²) in [4.78, 5) is 85.3. The van der Waals surface area contributed by atoms with E-state index in [9.17, 15) is 28.8 Å². The minimum Gasteiger partial charge on any atom is -0.452 e. The highest BCUT2D eigenvalue weighted by Crippen LogP contribution is 2.25. The summed E-state index contributed by atoms with van der Waals surface area (Å²) in [7, 11) is 3.08. The number of amides is 5. The van der Waals surface area contributed by atoms with Gasteiger partial charge < -0.3 is 30.1 Å². The van der Waals surface area contributed by atoms with Gasteiger partial charge in [0.25, 0.3) is 5.91 Å². The van der Waals surface area contributed by atoms with E-state index in [1.165, 1.54) is 21.7 Å². The van der Waals surface area contributed by atoms with Crippen LogP contribution in [0, 0.1) is 17.8 Å². The normalized spacial score (nSPS) is 29.5. The Hall–Kier alpha value is -3.18. The lowest BCUT2D eigenvalue weighted by Gasteiger charge is -2.38. The molecule has 12 nitrogen and oxygen atoms in total. The molecule has 0 unspecified atom stereocenters. The molecule has 2 aliphatic heterocycles. The molecule has 5 amide bonds. The molecule has 2 aliphatic rings. The highest BCUT2D eigenvalue weighted by Gasteiger charge is 2.43. The van der Waals surface area contributed by atoms with Crippen LogP contribution in [0.5, 0.6) is 0 Å². The summed E-state index contributed by atoms with van der Waals surface area (Å²) in [5, 5.41) is 5.60. The molecule has 0 bridgehead atoms. The first kappa shape index (κ1) is 36.0. The van der Waals surface area contributed by atoms with Gasteiger partial charge in [0.05, 0.1) is 6.42 Å². The first-order chi connectivity index (χ1) is 20.2. The van der Waals surface area contributed by atoms with Crippen molar-refractivity contribution in [3.05, 3.63) is 0 Å². The van der Waals surface area contributed by atoms with Crippen LogP contribution in [0.4, 0.5) is 0 Å². The molecule has 43 heavy (non-hydrogen) atoms. The Labute approximate surface area is 256 Å². The predicted molar refractivity (Wildman–Crippen MR) is 161 cm³/mol. The monoisotopic (exact) mass is 607 g/mol. The van der Waals surface area contributed by atoms with E-state index < -0.39 is 65.8 Å². The Kier molecular flexibility index (Phi) is 13.4. The van der Waals surface area contributed by atoms with Crippen molar-refractivity contribution in [1.82, 2.24) is 25.3 Å². The Balaban J connectivity index is 2.57. The molecule has 2 heterocycles. The van der Waals surface area contributed by atoms with Gasteiger partial charge in [-0.15, -0.1) is 0 Å². The number of carbonyl (C=O) groups is 6. The van der Waals surface area contributed by atoms with Crippen LogP contribution in [0.3, 0.4) is 0 Å². The maximum Gasteiger partial charge on any atom is 0.308 e. The maximum atomic E-state index is 14.1. The number of fused-ring (bicyclic) bond motifs is 1. The van der Waals surface area contributed by atoms with Gasteiger partial charge in [0, 0.05) is 33.1 Å². The minimum absolute atomic E-state index is 0.0377. The molecule has 0 saturated carbocycles. The standard InChI is InChI=1S/C31H53N5O7/c1-10-18(4)24-29(40)35(9)25(19(5)11-2)30(41)34(8)21(7)27(38)32-16-15-23(37)43-26(20(6)12-3)31(42)36-17-13-14-22(36)28(39)33-24/h18-22,24-26H,10-17H2,1-9H3,(H,32,38)(H,33,39)/t18-,19+,20-,21-,22-,24-,25+,26+/m0/s1. The molecular weight excluding hydrogens is 554 g/mol. The number of likely N-dealkylation sites (N-methyl/N-ethyl adjacent to an activating group) is 2. The van der Waals surface area contributed by atoms with Gasteiger partial charge in [-0.05, 0) is 38.0 Å². The number of hydrogen-bond acceptors (Lipinski definition) is 7. The molecular formula is C31H53N5O7. The summed E-state index contributed by atoms with van der Waals surface area (Å²) in [5.41, 5.74) is 0. The highest BCUT2D eigenvalue weighted by atomic mass is 16.5. The van der Waals surface area contributed by atoms with Gasteiger partial charge >= 0.3 is 5.97 Å². The van der Waals surface area contributed by atoms with E-state index in [1.54, 1.807) is 14.0 Å². The Morgan fingerprint density at radius 1 is 0.814 bits per heavy atom.